The van der Waals surface area contributed by atoms with Crippen LogP contribution in [0.1, 0.15) is 21.7 Å². The molecular formula is C22H19N5O5S2. The molecule has 0 saturated carbocycles. The summed E-state index contributed by atoms with van der Waals surface area (Å²) in [6, 6.07) is 12.9. The van der Waals surface area contributed by atoms with Crippen molar-refractivity contribution in [3.63, 3.8) is 0 Å². The van der Waals surface area contributed by atoms with Crippen molar-refractivity contribution in [1.82, 2.24) is 20.6 Å². The molecule has 34 heavy (non-hydrogen) atoms. The Labute approximate surface area is 199 Å². The Balaban J connectivity index is 1.66. The van der Waals surface area contributed by atoms with E-state index in [2.05, 4.69) is 20.6 Å². The summed E-state index contributed by atoms with van der Waals surface area (Å²) in [5.74, 6) is 1.10. The first-order valence-corrected chi connectivity index (χ1v) is 12.2. The first-order chi connectivity index (χ1) is 16.3. The number of ketones is 1. The number of nitrogens with one attached hydrogen (secondary N) is 1. The second kappa shape index (κ2) is 9.95. The third-order valence-electron chi connectivity index (χ3n) is 4.75. The molecule has 0 bridgehead atoms. The average Bonchev–Trinajstić information content (AvgIpc) is 3.55. The highest BCUT2D eigenvalue weighted by Crippen LogP contribution is 2.39. The van der Waals surface area contributed by atoms with E-state index in [4.69, 9.17) is 14.6 Å². The zero-order chi connectivity index (χ0) is 24.1. The highest BCUT2D eigenvalue weighted by molar-refractivity contribution is 7.89. The number of sulfonamides is 1. The van der Waals surface area contributed by atoms with Crippen LogP contribution >= 0.6 is 11.3 Å². The minimum atomic E-state index is -3.84. The number of H-pyrrole nitrogens is 1. The topological polar surface area (TPSA) is 150 Å². The summed E-state index contributed by atoms with van der Waals surface area (Å²) in [5, 5.41) is 20.7. The maximum atomic E-state index is 12.7. The number of methoxy groups -OCH3 is 1. The summed E-state index contributed by atoms with van der Waals surface area (Å²) in [5.41, 5.74) is 1.78. The van der Waals surface area contributed by atoms with Crippen molar-refractivity contribution in [3.05, 3.63) is 76.9 Å². The fraction of sp³-hybridized carbons (Fsp3) is 0.0909. The van der Waals surface area contributed by atoms with Crippen LogP contribution in [0.5, 0.6) is 11.5 Å². The lowest BCUT2D eigenvalue weighted by Crippen LogP contribution is -2.12. The van der Waals surface area contributed by atoms with Gasteiger partial charge in [-0.3, -0.25) is 4.79 Å². The van der Waals surface area contributed by atoms with Crippen molar-refractivity contribution in [2.75, 3.05) is 7.11 Å². The molecule has 0 saturated heterocycles. The van der Waals surface area contributed by atoms with Crippen molar-refractivity contribution < 1.29 is 22.7 Å². The third kappa shape index (κ3) is 5.36. The van der Waals surface area contributed by atoms with Crippen LogP contribution in [0.4, 0.5) is 0 Å². The van der Waals surface area contributed by atoms with Gasteiger partial charge in [0.15, 0.2) is 12.4 Å². The van der Waals surface area contributed by atoms with E-state index in [1.807, 2.05) is 23.6 Å². The number of tetrazole rings is 1. The van der Waals surface area contributed by atoms with Crippen LogP contribution in [-0.2, 0) is 16.6 Å². The Morgan fingerprint density at radius 3 is 2.59 bits per heavy atom. The molecule has 174 valence electrons. The van der Waals surface area contributed by atoms with Crippen LogP contribution in [0, 0.1) is 0 Å². The molecule has 4 rings (SSSR count). The zero-order valence-corrected chi connectivity index (χ0v) is 19.5. The average molecular weight is 498 g/mol. The molecule has 0 unspecified atom stereocenters. The molecule has 2 aromatic carbocycles. The van der Waals surface area contributed by atoms with E-state index < -0.39 is 10.0 Å². The predicted octanol–water partition coefficient (Wildman–Crippen LogP) is 3.06. The number of hydrogen-bond acceptors (Lipinski definition) is 9. The third-order valence-corrected chi connectivity index (χ3v) is 6.58. The molecule has 10 nitrogen and oxygen atoms in total. The number of ether oxygens (including phenoxy) is 2. The number of thiophene rings is 1. The lowest BCUT2D eigenvalue weighted by atomic mass is 10.0. The molecule has 2 heterocycles. The van der Waals surface area contributed by atoms with Gasteiger partial charge in [0.25, 0.3) is 0 Å². The molecule has 0 aliphatic rings. The summed E-state index contributed by atoms with van der Waals surface area (Å²) in [7, 11) is -2.27. The standard InChI is InChI=1S/C22H19N5O5S2/c1-31-20-12-19(32-13-22-24-26-27-25-22)15(11-17(20)21-3-2-10-33-21)6-9-18(28)14-4-7-16(8-5-14)34(23,29)30/h2-12H,13H2,1H3,(H2,23,29,30)(H,24,25,26,27). The van der Waals surface area contributed by atoms with E-state index in [0.29, 0.717) is 28.5 Å². The highest BCUT2D eigenvalue weighted by Gasteiger charge is 2.15. The van der Waals surface area contributed by atoms with E-state index in [1.54, 1.807) is 30.6 Å². The van der Waals surface area contributed by atoms with Crippen LogP contribution < -0.4 is 14.6 Å². The van der Waals surface area contributed by atoms with Crippen molar-refractivity contribution in [3.8, 4) is 21.9 Å². The Bertz CT molecular complexity index is 1420. The lowest BCUT2D eigenvalue weighted by molar-refractivity contribution is 0.104. The number of carbonyl (C=O) groups is 1. The smallest absolute Gasteiger partial charge is 0.238 e. The first kappa shape index (κ1) is 23.3. The number of aromatic amines is 1. The number of nitrogens with two attached hydrogens (primary N) is 1. The number of aromatic nitrogens is 4. The number of primary sulfonamides is 1. The predicted molar refractivity (Wildman–Crippen MR) is 126 cm³/mol. The second-order valence-corrected chi connectivity index (χ2v) is 9.46. The normalized spacial score (nSPS) is 11.6. The Kier molecular flexibility index (Phi) is 6.82. The van der Waals surface area contributed by atoms with Gasteiger partial charge >= 0.3 is 0 Å². The highest BCUT2D eigenvalue weighted by atomic mass is 32.2. The molecule has 4 aromatic rings. The van der Waals surface area contributed by atoms with Gasteiger partial charge in [0.05, 0.1) is 12.0 Å². The number of nitrogens with zero attached hydrogens (tertiary/aromatic N) is 3. The van der Waals surface area contributed by atoms with Gasteiger partial charge in [0.1, 0.15) is 11.5 Å². The van der Waals surface area contributed by atoms with E-state index in [9.17, 15) is 13.2 Å². The fourth-order valence-corrected chi connectivity index (χ4v) is 4.35. The zero-order valence-electron chi connectivity index (χ0n) is 17.8. The second-order valence-electron chi connectivity index (χ2n) is 6.95. The van der Waals surface area contributed by atoms with Gasteiger partial charge in [-0.15, -0.1) is 21.5 Å². The number of carbonyl (C=O) groups excluding carboxylic acids is 1. The number of benzene rings is 2. The molecule has 0 radical (unpaired) electrons. The lowest BCUT2D eigenvalue weighted by Gasteiger charge is -2.14. The first-order valence-electron chi connectivity index (χ1n) is 9.81. The Morgan fingerprint density at radius 2 is 1.97 bits per heavy atom. The molecule has 0 spiro atoms. The van der Waals surface area contributed by atoms with Gasteiger partial charge in [-0.25, -0.2) is 13.6 Å². The molecule has 0 amide bonds. The van der Waals surface area contributed by atoms with Gasteiger partial charge in [-0.05, 0) is 53.9 Å². The summed E-state index contributed by atoms with van der Waals surface area (Å²) in [4.78, 5) is 13.6. The van der Waals surface area contributed by atoms with Gasteiger partial charge in [0, 0.05) is 27.6 Å². The van der Waals surface area contributed by atoms with Crippen molar-refractivity contribution >= 4 is 33.2 Å². The number of hydrogen-bond donors (Lipinski definition) is 2. The summed E-state index contributed by atoms with van der Waals surface area (Å²) in [6.45, 7) is 0.0574. The monoisotopic (exact) mass is 497 g/mol. The molecule has 2 aromatic heterocycles. The Hall–Kier alpha value is -3.87. The van der Waals surface area contributed by atoms with Gasteiger partial charge in [-0.1, -0.05) is 11.3 Å². The van der Waals surface area contributed by atoms with E-state index in [1.165, 1.54) is 30.3 Å². The molecule has 3 N–H and O–H groups in total. The van der Waals surface area contributed by atoms with E-state index in [-0.39, 0.29) is 17.3 Å². The van der Waals surface area contributed by atoms with Gasteiger partial charge in [-0.2, -0.15) is 5.21 Å². The van der Waals surface area contributed by atoms with Gasteiger partial charge < -0.3 is 9.47 Å². The van der Waals surface area contributed by atoms with Crippen LogP contribution in [0.15, 0.2) is 64.9 Å². The van der Waals surface area contributed by atoms with Crippen LogP contribution in [0.25, 0.3) is 16.5 Å². The van der Waals surface area contributed by atoms with Crippen LogP contribution in [0.2, 0.25) is 0 Å². The SMILES string of the molecule is COc1cc(OCc2nn[nH]n2)c(C=CC(=O)c2ccc(S(N)(=O)=O)cc2)cc1-c1cccs1. The van der Waals surface area contributed by atoms with Crippen molar-refractivity contribution in [1.29, 1.82) is 0 Å². The minimum absolute atomic E-state index is 0.0574. The van der Waals surface area contributed by atoms with Gasteiger partial charge in [0.2, 0.25) is 15.8 Å². The fourth-order valence-electron chi connectivity index (χ4n) is 3.08. The maximum Gasteiger partial charge on any atom is 0.238 e. The maximum absolute atomic E-state index is 12.7. The number of rotatable bonds is 9. The molecular weight excluding hydrogens is 478 g/mol. The molecule has 0 atom stereocenters. The summed E-state index contributed by atoms with van der Waals surface area (Å²) >= 11 is 1.55. The van der Waals surface area contributed by atoms with E-state index in [0.717, 1.165) is 10.4 Å². The molecule has 0 fully saturated rings. The summed E-state index contributed by atoms with van der Waals surface area (Å²) in [6.07, 6.45) is 3.01. The minimum Gasteiger partial charge on any atom is -0.496 e. The van der Waals surface area contributed by atoms with Crippen molar-refractivity contribution in [2.45, 2.75) is 11.5 Å². The van der Waals surface area contributed by atoms with Crippen molar-refractivity contribution in [2.24, 2.45) is 5.14 Å². The van der Waals surface area contributed by atoms with Crippen LogP contribution in [-0.4, -0.2) is 41.9 Å². The molecule has 0 aliphatic heterocycles. The summed E-state index contributed by atoms with van der Waals surface area (Å²) < 4.78 is 34.3. The largest absolute Gasteiger partial charge is 0.496 e. The number of allylic oxidation sites excluding steroid dienone is 1. The van der Waals surface area contributed by atoms with E-state index >= 15 is 0 Å². The molecule has 12 heteroatoms. The van der Waals surface area contributed by atoms with Crippen LogP contribution in [0.3, 0.4) is 0 Å². The Morgan fingerprint density at radius 1 is 1.18 bits per heavy atom. The quantitative estimate of drug-likeness (QED) is 0.265. The molecule has 0 aliphatic carbocycles.